The number of halogens is 2. The summed E-state index contributed by atoms with van der Waals surface area (Å²) in [5.74, 6) is -0.311. The van der Waals surface area contributed by atoms with E-state index in [1.54, 1.807) is 24.3 Å². The van der Waals surface area contributed by atoms with Gasteiger partial charge >= 0.3 is 0 Å². The highest BCUT2D eigenvalue weighted by molar-refractivity contribution is 9.10. The average molecular weight is 423 g/mol. The molecule has 0 unspecified atom stereocenters. The minimum Gasteiger partial charge on any atom is -0.505 e. The number of nitrogens with one attached hydrogen (secondary N) is 1. The SMILES string of the molecule is O=C(N/N=C\c1cc(Cl)c(O)c(Br)c1)c1ccc(N2CCCC2)cc1. The van der Waals surface area contributed by atoms with Gasteiger partial charge in [-0.15, -0.1) is 0 Å². The standard InChI is InChI=1S/C18H17BrClN3O2/c19-15-9-12(10-16(20)17(15)24)11-21-22-18(25)13-3-5-14(6-4-13)23-7-1-2-8-23/h3-6,9-11,24H,1-2,7-8H2,(H,22,25)/b21-11-. The molecule has 1 aliphatic heterocycles. The van der Waals surface area contributed by atoms with E-state index in [1.165, 1.54) is 19.1 Å². The van der Waals surface area contributed by atoms with Crippen molar-refractivity contribution < 1.29 is 9.90 Å². The number of rotatable bonds is 4. The van der Waals surface area contributed by atoms with E-state index in [9.17, 15) is 9.90 Å². The molecule has 1 amide bonds. The molecule has 0 aliphatic carbocycles. The van der Waals surface area contributed by atoms with Crippen molar-refractivity contribution in [3.05, 3.63) is 57.0 Å². The van der Waals surface area contributed by atoms with Crippen LogP contribution >= 0.6 is 27.5 Å². The molecule has 0 saturated carbocycles. The molecule has 1 heterocycles. The van der Waals surface area contributed by atoms with E-state index in [2.05, 4.69) is 31.4 Å². The first kappa shape index (κ1) is 17.8. The number of carbonyl (C=O) groups is 1. The van der Waals surface area contributed by atoms with Crippen molar-refractivity contribution in [1.82, 2.24) is 5.43 Å². The van der Waals surface area contributed by atoms with Crippen molar-refractivity contribution in [2.24, 2.45) is 5.10 Å². The topological polar surface area (TPSA) is 64.9 Å². The Balaban J connectivity index is 1.62. The van der Waals surface area contributed by atoms with Crippen LogP contribution < -0.4 is 10.3 Å². The number of nitrogens with zero attached hydrogens (tertiary/aromatic N) is 2. The lowest BCUT2D eigenvalue weighted by atomic mass is 10.2. The first-order valence-electron chi connectivity index (χ1n) is 7.91. The molecule has 5 nitrogen and oxygen atoms in total. The summed E-state index contributed by atoms with van der Waals surface area (Å²) in [6.07, 6.45) is 3.90. The molecule has 2 N–H and O–H groups in total. The highest BCUT2D eigenvalue weighted by Gasteiger charge is 2.13. The molecule has 3 rings (SSSR count). The maximum absolute atomic E-state index is 12.1. The van der Waals surface area contributed by atoms with Crippen molar-refractivity contribution in [3.63, 3.8) is 0 Å². The van der Waals surface area contributed by atoms with Gasteiger partial charge in [-0.3, -0.25) is 4.79 Å². The van der Waals surface area contributed by atoms with Gasteiger partial charge in [0.25, 0.3) is 5.91 Å². The van der Waals surface area contributed by atoms with Crippen LogP contribution in [0.25, 0.3) is 0 Å². The molecule has 2 aromatic rings. The predicted octanol–water partition coefficient (Wildman–Crippen LogP) is 4.17. The first-order valence-corrected chi connectivity index (χ1v) is 9.08. The molecule has 0 aromatic heterocycles. The Morgan fingerprint density at radius 2 is 1.92 bits per heavy atom. The van der Waals surface area contributed by atoms with Crippen LogP contribution in [0.1, 0.15) is 28.8 Å². The fraction of sp³-hybridized carbons (Fsp3) is 0.222. The lowest BCUT2D eigenvalue weighted by molar-refractivity contribution is 0.0955. The monoisotopic (exact) mass is 421 g/mol. The van der Waals surface area contributed by atoms with Crippen molar-refractivity contribution in [1.29, 1.82) is 0 Å². The number of hydrazone groups is 1. The van der Waals surface area contributed by atoms with E-state index in [0.717, 1.165) is 18.8 Å². The largest absolute Gasteiger partial charge is 0.505 e. The van der Waals surface area contributed by atoms with Crippen LogP contribution in [-0.2, 0) is 0 Å². The number of carbonyl (C=O) groups excluding carboxylic acids is 1. The third-order valence-corrected chi connectivity index (χ3v) is 4.91. The number of anilines is 1. The Kier molecular flexibility index (Phi) is 5.60. The summed E-state index contributed by atoms with van der Waals surface area (Å²) in [4.78, 5) is 14.5. The normalized spacial score (nSPS) is 14.2. The highest BCUT2D eigenvalue weighted by atomic mass is 79.9. The second-order valence-corrected chi connectivity index (χ2v) is 7.03. The number of benzene rings is 2. The van der Waals surface area contributed by atoms with Gasteiger partial charge in [0.1, 0.15) is 5.75 Å². The summed E-state index contributed by atoms with van der Waals surface area (Å²) in [5.41, 5.74) is 4.82. The Hall–Kier alpha value is -2.05. The van der Waals surface area contributed by atoms with Gasteiger partial charge in [0.05, 0.1) is 15.7 Å². The molecular formula is C18H17BrClN3O2. The van der Waals surface area contributed by atoms with Gasteiger partial charge in [-0.2, -0.15) is 5.10 Å². The lowest BCUT2D eigenvalue weighted by Gasteiger charge is -2.17. The number of amides is 1. The van der Waals surface area contributed by atoms with E-state index in [-0.39, 0.29) is 16.7 Å². The summed E-state index contributed by atoms with van der Waals surface area (Å²) >= 11 is 9.09. The van der Waals surface area contributed by atoms with Gasteiger partial charge < -0.3 is 10.0 Å². The number of aromatic hydroxyl groups is 1. The first-order chi connectivity index (χ1) is 12.0. The molecule has 130 valence electrons. The third kappa shape index (κ3) is 4.32. The van der Waals surface area contributed by atoms with Crippen LogP contribution in [0, 0.1) is 0 Å². The number of hydrogen-bond acceptors (Lipinski definition) is 4. The van der Waals surface area contributed by atoms with Crippen molar-refractivity contribution in [2.45, 2.75) is 12.8 Å². The molecule has 25 heavy (non-hydrogen) atoms. The summed E-state index contributed by atoms with van der Waals surface area (Å²) in [7, 11) is 0. The van der Waals surface area contributed by atoms with Crippen molar-refractivity contribution in [2.75, 3.05) is 18.0 Å². The number of phenolic OH excluding ortho intramolecular Hbond substituents is 1. The maximum atomic E-state index is 12.1. The van der Waals surface area contributed by atoms with E-state index >= 15 is 0 Å². The average Bonchev–Trinajstić information content (AvgIpc) is 3.14. The highest BCUT2D eigenvalue weighted by Crippen LogP contribution is 2.32. The smallest absolute Gasteiger partial charge is 0.271 e. The molecule has 1 fully saturated rings. The summed E-state index contributed by atoms with van der Waals surface area (Å²) in [6.45, 7) is 2.14. The second-order valence-electron chi connectivity index (χ2n) is 5.77. The van der Waals surface area contributed by atoms with E-state index < -0.39 is 0 Å². The van der Waals surface area contributed by atoms with Crippen LogP contribution in [0.3, 0.4) is 0 Å². The molecule has 2 aromatic carbocycles. The minimum absolute atomic E-state index is 0.0269. The lowest BCUT2D eigenvalue weighted by Crippen LogP contribution is -2.19. The molecule has 0 spiro atoms. The van der Waals surface area contributed by atoms with Crippen molar-refractivity contribution >= 4 is 45.3 Å². The summed E-state index contributed by atoms with van der Waals surface area (Å²) in [5, 5.41) is 13.7. The molecule has 0 atom stereocenters. The predicted molar refractivity (Wildman–Crippen MR) is 104 cm³/mol. The second kappa shape index (κ2) is 7.89. The van der Waals surface area contributed by atoms with Gasteiger partial charge in [-0.1, -0.05) is 11.6 Å². The molecule has 0 bridgehead atoms. The zero-order valence-electron chi connectivity index (χ0n) is 13.4. The Morgan fingerprint density at radius 3 is 2.56 bits per heavy atom. The zero-order valence-corrected chi connectivity index (χ0v) is 15.7. The molecular weight excluding hydrogens is 406 g/mol. The molecule has 0 radical (unpaired) electrons. The fourth-order valence-corrected chi connectivity index (χ4v) is 3.51. The van der Waals surface area contributed by atoms with E-state index in [1.807, 2.05) is 12.1 Å². The van der Waals surface area contributed by atoms with E-state index in [4.69, 9.17) is 11.6 Å². The minimum atomic E-state index is -0.284. The zero-order chi connectivity index (χ0) is 17.8. The van der Waals surface area contributed by atoms with Crippen LogP contribution in [-0.4, -0.2) is 30.3 Å². The van der Waals surface area contributed by atoms with Crippen LogP contribution in [0.5, 0.6) is 5.75 Å². The van der Waals surface area contributed by atoms with Gasteiger partial charge in [0.2, 0.25) is 0 Å². The van der Waals surface area contributed by atoms with Gasteiger partial charge in [-0.25, -0.2) is 5.43 Å². The fourth-order valence-electron chi connectivity index (χ4n) is 2.69. The number of hydrogen-bond donors (Lipinski definition) is 2. The molecule has 1 aliphatic rings. The summed E-state index contributed by atoms with van der Waals surface area (Å²) in [6, 6.07) is 10.7. The summed E-state index contributed by atoms with van der Waals surface area (Å²) < 4.78 is 0.463. The maximum Gasteiger partial charge on any atom is 0.271 e. The quantitative estimate of drug-likeness (QED) is 0.574. The number of phenols is 1. The Morgan fingerprint density at radius 1 is 1.24 bits per heavy atom. The molecule has 7 heteroatoms. The van der Waals surface area contributed by atoms with Crippen LogP contribution in [0.15, 0.2) is 46.0 Å². The van der Waals surface area contributed by atoms with Crippen LogP contribution in [0.4, 0.5) is 5.69 Å². The van der Waals surface area contributed by atoms with Gasteiger partial charge in [-0.05, 0) is 70.7 Å². The molecule has 1 saturated heterocycles. The van der Waals surface area contributed by atoms with Crippen molar-refractivity contribution in [3.8, 4) is 5.75 Å². The van der Waals surface area contributed by atoms with Gasteiger partial charge in [0.15, 0.2) is 0 Å². The van der Waals surface area contributed by atoms with E-state index in [0.29, 0.717) is 15.6 Å². The van der Waals surface area contributed by atoms with Gasteiger partial charge in [0, 0.05) is 24.3 Å². The van der Waals surface area contributed by atoms with Crippen LogP contribution in [0.2, 0.25) is 5.02 Å². The third-order valence-electron chi connectivity index (χ3n) is 4.02. The Labute approximate surface area is 159 Å². The Bertz CT molecular complexity index is 779.